The van der Waals surface area contributed by atoms with Gasteiger partial charge in [0.2, 0.25) is 0 Å². The van der Waals surface area contributed by atoms with Gasteiger partial charge in [0.25, 0.3) is 0 Å². The molecular formula is C10H17NO2. The number of carboxylic acids is 1. The van der Waals surface area contributed by atoms with Crippen LogP contribution in [0.15, 0.2) is 24.4 Å². The molecule has 0 bridgehead atoms. The minimum atomic E-state index is -0.745. The zero-order chi connectivity index (χ0) is 10.1. The Morgan fingerprint density at radius 2 is 2.08 bits per heavy atom. The number of carbonyl (C=O) groups is 1. The summed E-state index contributed by atoms with van der Waals surface area (Å²) in [6.07, 6.45) is 8.63. The molecular weight excluding hydrogens is 166 g/mol. The quantitative estimate of drug-likeness (QED) is 0.710. The van der Waals surface area contributed by atoms with Crippen LogP contribution in [0.1, 0.15) is 20.3 Å². The molecule has 0 atom stereocenters. The second-order valence-electron chi connectivity index (χ2n) is 2.60. The summed E-state index contributed by atoms with van der Waals surface area (Å²) in [7, 11) is 0. The van der Waals surface area contributed by atoms with Gasteiger partial charge in [-0.25, -0.2) is 0 Å². The van der Waals surface area contributed by atoms with Gasteiger partial charge in [-0.1, -0.05) is 19.1 Å². The Labute approximate surface area is 79.4 Å². The fourth-order valence-electron chi connectivity index (χ4n) is 0.742. The minimum absolute atomic E-state index is 0.222. The maximum atomic E-state index is 9.37. The monoisotopic (exact) mass is 183 g/mol. The molecule has 0 aliphatic carbocycles. The Balaban J connectivity index is 0.000000252. The largest absolute Gasteiger partial charge is 0.481 e. The van der Waals surface area contributed by atoms with Crippen LogP contribution >= 0.6 is 0 Å². The molecule has 0 spiro atoms. The van der Waals surface area contributed by atoms with Gasteiger partial charge < -0.3 is 10.0 Å². The van der Waals surface area contributed by atoms with Crippen LogP contribution in [0, 0.1) is 0 Å². The first kappa shape index (κ1) is 11.8. The van der Waals surface area contributed by atoms with Crippen molar-refractivity contribution in [2.24, 2.45) is 0 Å². The van der Waals surface area contributed by atoms with Crippen molar-refractivity contribution in [1.82, 2.24) is 4.90 Å². The molecule has 0 fully saturated rings. The molecule has 1 aliphatic rings. The van der Waals surface area contributed by atoms with Gasteiger partial charge in [-0.2, -0.15) is 0 Å². The lowest BCUT2D eigenvalue weighted by molar-refractivity contribution is -0.136. The molecule has 3 heteroatoms. The second-order valence-corrected chi connectivity index (χ2v) is 2.60. The Hall–Kier alpha value is -1.25. The van der Waals surface area contributed by atoms with Crippen LogP contribution in [0.2, 0.25) is 0 Å². The molecule has 74 valence electrons. The average Bonchev–Trinajstić information content (AvgIpc) is 2.20. The van der Waals surface area contributed by atoms with Crippen LogP contribution in [0.25, 0.3) is 0 Å². The highest BCUT2D eigenvalue weighted by molar-refractivity contribution is 5.66. The highest BCUT2D eigenvalue weighted by Gasteiger charge is 1.91. The fourth-order valence-corrected chi connectivity index (χ4v) is 0.742. The van der Waals surface area contributed by atoms with Gasteiger partial charge >= 0.3 is 5.97 Å². The van der Waals surface area contributed by atoms with Crippen molar-refractivity contribution in [2.75, 3.05) is 13.1 Å². The molecule has 0 aromatic rings. The van der Waals surface area contributed by atoms with E-state index in [1.165, 1.54) is 0 Å². The maximum absolute atomic E-state index is 9.37. The number of likely N-dealkylation sites (N-methyl/N-ethyl adjacent to an activating group) is 1. The molecule has 0 aromatic heterocycles. The molecule has 0 radical (unpaired) electrons. The van der Waals surface area contributed by atoms with E-state index in [9.17, 15) is 4.79 Å². The molecule has 1 rings (SSSR count). The number of rotatable bonds is 2. The molecule has 1 aliphatic heterocycles. The summed E-state index contributed by atoms with van der Waals surface area (Å²) in [6.45, 7) is 5.94. The summed E-state index contributed by atoms with van der Waals surface area (Å²) in [5.74, 6) is -0.745. The first-order chi connectivity index (χ1) is 6.20. The summed E-state index contributed by atoms with van der Waals surface area (Å²) in [4.78, 5) is 11.6. The van der Waals surface area contributed by atoms with E-state index in [2.05, 4.69) is 36.3 Å². The molecule has 0 amide bonds. The van der Waals surface area contributed by atoms with Gasteiger partial charge in [0.05, 0.1) is 0 Å². The number of nitrogens with zero attached hydrogens (tertiary/aromatic N) is 1. The highest BCUT2D eigenvalue weighted by Crippen LogP contribution is 1.95. The number of carboxylic acid groups (broad SMARTS) is 1. The number of aliphatic carboxylic acids is 1. The standard InChI is InChI=1S/C7H11N.C3H6O2/c1-2-8-6-4-3-5-7-8;1-2-3(4)5/h3-6H,2,7H2,1H3;2H2,1H3,(H,4,5). The summed E-state index contributed by atoms with van der Waals surface area (Å²) in [5.41, 5.74) is 0. The van der Waals surface area contributed by atoms with Crippen LogP contribution in [0.3, 0.4) is 0 Å². The Kier molecular flexibility index (Phi) is 6.69. The fraction of sp³-hybridized carbons (Fsp3) is 0.500. The maximum Gasteiger partial charge on any atom is 0.303 e. The summed E-state index contributed by atoms with van der Waals surface area (Å²) < 4.78 is 0. The van der Waals surface area contributed by atoms with Crippen LogP contribution in [-0.4, -0.2) is 29.1 Å². The molecule has 1 heterocycles. The van der Waals surface area contributed by atoms with E-state index < -0.39 is 5.97 Å². The SMILES string of the molecule is CCC(=O)O.CCN1C=CC=CC1. The third kappa shape index (κ3) is 7.12. The molecule has 0 unspecified atom stereocenters. The third-order valence-corrected chi connectivity index (χ3v) is 1.59. The molecule has 0 aromatic carbocycles. The Morgan fingerprint density at radius 3 is 2.31 bits per heavy atom. The lowest BCUT2D eigenvalue weighted by Crippen LogP contribution is -2.17. The predicted molar refractivity (Wildman–Crippen MR) is 53.5 cm³/mol. The van der Waals surface area contributed by atoms with Crippen molar-refractivity contribution < 1.29 is 9.90 Å². The zero-order valence-corrected chi connectivity index (χ0v) is 8.23. The van der Waals surface area contributed by atoms with Gasteiger partial charge in [-0.05, 0) is 19.2 Å². The molecule has 3 nitrogen and oxygen atoms in total. The van der Waals surface area contributed by atoms with Gasteiger partial charge in [-0.3, -0.25) is 4.79 Å². The molecule has 13 heavy (non-hydrogen) atoms. The van der Waals surface area contributed by atoms with Gasteiger partial charge in [-0.15, -0.1) is 0 Å². The van der Waals surface area contributed by atoms with Crippen molar-refractivity contribution in [3.05, 3.63) is 24.4 Å². The van der Waals surface area contributed by atoms with Crippen molar-refractivity contribution in [1.29, 1.82) is 0 Å². The zero-order valence-electron chi connectivity index (χ0n) is 8.23. The van der Waals surface area contributed by atoms with E-state index in [1.54, 1.807) is 6.92 Å². The number of hydrogen-bond acceptors (Lipinski definition) is 2. The lowest BCUT2D eigenvalue weighted by atomic mass is 10.3. The molecule has 0 saturated carbocycles. The van der Waals surface area contributed by atoms with Crippen LogP contribution < -0.4 is 0 Å². The van der Waals surface area contributed by atoms with Crippen LogP contribution in [0.5, 0.6) is 0 Å². The highest BCUT2D eigenvalue weighted by atomic mass is 16.4. The first-order valence-corrected chi connectivity index (χ1v) is 4.49. The predicted octanol–water partition coefficient (Wildman–Crippen LogP) is 1.87. The van der Waals surface area contributed by atoms with Gasteiger partial charge in [0, 0.05) is 19.5 Å². The normalized spacial score (nSPS) is 13.5. The molecule has 0 saturated heterocycles. The van der Waals surface area contributed by atoms with E-state index in [0.29, 0.717) is 0 Å². The summed E-state index contributed by atoms with van der Waals surface area (Å²) >= 11 is 0. The van der Waals surface area contributed by atoms with Crippen molar-refractivity contribution in [2.45, 2.75) is 20.3 Å². The minimum Gasteiger partial charge on any atom is -0.481 e. The van der Waals surface area contributed by atoms with E-state index in [1.807, 2.05) is 0 Å². The number of hydrogen-bond donors (Lipinski definition) is 1. The van der Waals surface area contributed by atoms with Gasteiger partial charge in [0.1, 0.15) is 0 Å². The van der Waals surface area contributed by atoms with E-state index in [0.717, 1.165) is 13.1 Å². The van der Waals surface area contributed by atoms with E-state index in [4.69, 9.17) is 5.11 Å². The molecule has 1 N–H and O–H groups in total. The third-order valence-electron chi connectivity index (χ3n) is 1.59. The first-order valence-electron chi connectivity index (χ1n) is 4.49. The second kappa shape index (κ2) is 7.40. The van der Waals surface area contributed by atoms with Crippen molar-refractivity contribution >= 4 is 5.97 Å². The van der Waals surface area contributed by atoms with Crippen LogP contribution in [-0.2, 0) is 4.79 Å². The Bertz CT molecular complexity index is 197. The van der Waals surface area contributed by atoms with E-state index in [-0.39, 0.29) is 6.42 Å². The topological polar surface area (TPSA) is 40.5 Å². The number of allylic oxidation sites excluding steroid dienone is 2. The van der Waals surface area contributed by atoms with Crippen molar-refractivity contribution in [3.63, 3.8) is 0 Å². The van der Waals surface area contributed by atoms with Gasteiger partial charge in [0.15, 0.2) is 0 Å². The lowest BCUT2D eigenvalue weighted by Gasteiger charge is -2.16. The average molecular weight is 183 g/mol. The Morgan fingerprint density at radius 1 is 1.46 bits per heavy atom. The van der Waals surface area contributed by atoms with Crippen molar-refractivity contribution in [3.8, 4) is 0 Å². The smallest absolute Gasteiger partial charge is 0.303 e. The summed E-state index contributed by atoms with van der Waals surface area (Å²) in [6, 6.07) is 0. The van der Waals surface area contributed by atoms with E-state index >= 15 is 0 Å². The van der Waals surface area contributed by atoms with Crippen LogP contribution in [0.4, 0.5) is 0 Å². The summed E-state index contributed by atoms with van der Waals surface area (Å²) in [5, 5.41) is 7.72.